The third-order valence-electron chi connectivity index (χ3n) is 4.32. The van der Waals surface area contributed by atoms with E-state index in [1.807, 2.05) is 0 Å². The van der Waals surface area contributed by atoms with Crippen LogP contribution in [0.5, 0.6) is 0 Å². The van der Waals surface area contributed by atoms with Crippen LogP contribution in [0.3, 0.4) is 0 Å². The second-order valence-corrected chi connectivity index (χ2v) is 5.85. The van der Waals surface area contributed by atoms with Crippen molar-refractivity contribution in [1.29, 1.82) is 0 Å². The van der Waals surface area contributed by atoms with Crippen LogP contribution in [-0.2, 0) is 9.53 Å². The van der Waals surface area contributed by atoms with Crippen molar-refractivity contribution >= 4 is 5.91 Å². The van der Waals surface area contributed by atoms with E-state index in [0.29, 0.717) is 31.0 Å². The number of terminal acetylenes is 1. The smallest absolute Gasteiger partial charge is 0.225 e. The van der Waals surface area contributed by atoms with Crippen molar-refractivity contribution in [2.24, 2.45) is 11.8 Å². The first-order chi connectivity index (χ1) is 9.31. The first-order valence-corrected chi connectivity index (χ1v) is 7.61. The Balaban J connectivity index is 1.79. The highest BCUT2D eigenvalue weighted by molar-refractivity contribution is 5.79. The Morgan fingerprint density at radius 3 is 2.74 bits per heavy atom. The van der Waals surface area contributed by atoms with Gasteiger partial charge in [-0.3, -0.25) is 4.79 Å². The van der Waals surface area contributed by atoms with Gasteiger partial charge in [0.05, 0.1) is 6.61 Å². The number of rotatable bonds is 4. The van der Waals surface area contributed by atoms with Crippen molar-refractivity contribution in [3.05, 3.63) is 0 Å². The quantitative estimate of drug-likeness (QED) is 0.576. The summed E-state index contributed by atoms with van der Waals surface area (Å²) in [5.41, 5.74) is 0. The fourth-order valence-corrected chi connectivity index (χ4v) is 3.29. The summed E-state index contributed by atoms with van der Waals surface area (Å²) in [6.07, 6.45) is 13.4. The molecule has 1 aliphatic carbocycles. The second-order valence-electron chi connectivity index (χ2n) is 5.85. The van der Waals surface area contributed by atoms with Crippen LogP contribution >= 0.6 is 0 Å². The van der Waals surface area contributed by atoms with Crippen LogP contribution in [0.25, 0.3) is 0 Å². The Morgan fingerprint density at radius 2 is 2.00 bits per heavy atom. The van der Waals surface area contributed by atoms with Gasteiger partial charge in [0.25, 0.3) is 0 Å². The van der Waals surface area contributed by atoms with Crippen LogP contribution in [0.15, 0.2) is 0 Å². The van der Waals surface area contributed by atoms with Gasteiger partial charge in [-0.15, -0.1) is 6.42 Å². The van der Waals surface area contributed by atoms with Crippen LogP contribution in [0.1, 0.15) is 44.9 Å². The molecular weight excluding hydrogens is 238 g/mol. The van der Waals surface area contributed by atoms with Crippen molar-refractivity contribution in [3.8, 4) is 12.3 Å². The highest BCUT2D eigenvalue weighted by Gasteiger charge is 2.29. The van der Waals surface area contributed by atoms with Crippen LogP contribution in [0.4, 0.5) is 0 Å². The standard InChI is InChI=1S/C16H25NO2/c1-2-11-19-13-14-7-6-10-17(12-14)16(18)15-8-4-3-5-9-15/h1,14-15H,3-13H2. The van der Waals surface area contributed by atoms with Gasteiger partial charge in [0, 0.05) is 19.0 Å². The van der Waals surface area contributed by atoms with Gasteiger partial charge in [-0.05, 0) is 31.6 Å². The van der Waals surface area contributed by atoms with Gasteiger partial charge in [0.15, 0.2) is 0 Å². The SMILES string of the molecule is C#CCOCC1CCCN(C(=O)C2CCCCC2)C1. The number of nitrogens with zero attached hydrogens (tertiary/aromatic N) is 1. The predicted molar refractivity (Wildman–Crippen MR) is 75.5 cm³/mol. The molecule has 3 nitrogen and oxygen atoms in total. The van der Waals surface area contributed by atoms with E-state index in [9.17, 15) is 4.79 Å². The molecule has 0 bridgehead atoms. The summed E-state index contributed by atoms with van der Waals surface area (Å²) in [6, 6.07) is 0. The molecule has 0 N–H and O–H groups in total. The minimum absolute atomic E-state index is 0.291. The molecule has 1 amide bonds. The molecule has 0 spiro atoms. The normalized spacial score (nSPS) is 25.0. The number of ether oxygens (including phenoxy) is 1. The van der Waals surface area contributed by atoms with Crippen molar-refractivity contribution < 1.29 is 9.53 Å². The summed E-state index contributed by atoms with van der Waals surface area (Å²) >= 11 is 0. The zero-order valence-electron chi connectivity index (χ0n) is 11.8. The zero-order valence-corrected chi connectivity index (χ0v) is 11.8. The molecule has 0 radical (unpaired) electrons. The molecule has 1 unspecified atom stereocenters. The van der Waals surface area contributed by atoms with E-state index < -0.39 is 0 Å². The third kappa shape index (κ3) is 4.24. The maximum atomic E-state index is 12.5. The summed E-state index contributed by atoms with van der Waals surface area (Å²) in [6.45, 7) is 2.87. The first-order valence-electron chi connectivity index (χ1n) is 7.61. The molecule has 1 saturated heterocycles. The van der Waals surface area contributed by atoms with Crippen LogP contribution < -0.4 is 0 Å². The van der Waals surface area contributed by atoms with Gasteiger partial charge in [0.1, 0.15) is 6.61 Å². The van der Waals surface area contributed by atoms with E-state index in [4.69, 9.17) is 11.2 Å². The van der Waals surface area contributed by atoms with Gasteiger partial charge in [-0.2, -0.15) is 0 Å². The van der Waals surface area contributed by atoms with E-state index in [0.717, 1.165) is 38.8 Å². The van der Waals surface area contributed by atoms with E-state index in [2.05, 4.69) is 10.8 Å². The van der Waals surface area contributed by atoms with E-state index in [-0.39, 0.29) is 0 Å². The molecule has 0 aromatic carbocycles. The summed E-state index contributed by atoms with van der Waals surface area (Å²) in [5, 5.41) is 0. The number of hydrogen-bond donors (Lipinski definition) is 0. The van der Waals surface area contributed by atoms with Crippen molar-refractivity contribution in [2.45, 2.75) is 44.9 Å². The molecule has 2 rings (SSSR count). The Hall–Kier alpha value is -1.01. The molecule has 1 heterocycles. The van der Waals surface area contributed by atoms with Crippen molar-refractivity contribution in [3.63, 3.8) is 0 Å². The fraction of sp³-hybridized carbons (Fsp3) is 0.812. The average molecular weight is 263 g/mol. The topological polar surface area (TPSA) is 29.5 Å². The summed E-state index contributed by atoms with van der Waals surface area (Å²) in [4.78, 5) is 14.6. The van der Waals surface area contributed by atoms with Crippen LogP contribution in [0, 0.1) is 24.2 Å². The molecular formula is C16H25NO2. The highest BCUT2D eigenvalue weighted by atomic mass is 16.5. The van der Waals surface area contributed by atoms with E-state index in [1.165, 1.54) is 19.3 Å². The van der Waals surface area contributed by atoms with Crippen LogP contribution in [-0.4, -0.2) is 37.1 Å². The van der Waals surface area contributed by atoms with Crippen molar-refractivity contribution in [2.75, 3.05) is 26.3 Å². The maximum absolute atomic E-state index is 12.5. The number of piperidine rings is 1. The molecule has 106 valence electrons. The molecule has 3 heteroatoms. The predicted octanol–water partition coefficient (Wildman–Crippen LogP) is 2.46. The lowest BCUT2D eigenvalue weighted by molar-refractivity contribution is -0.138. The number of hydrogen-bond acceptors (Lipinski definition) is 2. The number of amides is 1. The Bertz CT molecular complexity index is 328. The maximum Gasteiger partial charge on any atom is 0.225 e. The molecule has 1 aliphatic heterocycles. The van der Waals surface area contributed by atoms with Gasteiger partial charge in [-0.1, -0.05) is 25.2 Å². The molecule has 0 aromatic rings. The lowest BCUT2D eigenvalue weighted by atomic mass is 9.87. The minimum Gasteiger partial charge on any atom is -0.368 e. The van der Waals surface area contributed by atoms with Gasteiger partial charge in [-0.25, -0.2) is 0 Å². The molecule has 2 aliphatic rings. The van der Waals surface area contributed by atoms with E-state index in [1.54, 1.807) is 0 Å². The first kappa shape index (κ1) is 14.4. The molecule has 1 atom stereocenters. The zero-order chi connectivity index (χ0) is 13.5. The molecule has 19 heavy (non-hydrogen) atoms. The molecule has 2 fully saturated rings. The number of likely N-dealkylation sites (tertiary alicyclic amines) is 1. The van der Waals surface area contributed by atoms with Gasteiger partial charge >= 0.3 is 0 Å². The molecule has 1 saturated carbocycles. The molecule has 0 aromatic heterocycles. The highest BCUT2D eigenvalue weighted by Crippen LogP contribution is 2.27. The summed E-state index contributed by atoms with van der Waals surface area (Å²) in [7, 11) is 0. The second kappa shape index (κ2) is 7.55. The summed E-state index contributed by atoms with van der Waals surface area (Å²) < 4.78 is 5.42. The largest absolute Gasteiger partial charge is 0.368 e. The number of carbonyl (C=O) groups excluding carboxylic acids is 1. The fourth-order valence-electron chi connectivity index (χ4n) is 3.29. The van der Waals surface area contributed by atoms with Crippen molar-refractivity contribution in [1.82, 2.24) is 4.90 Å². The minimum atomic E-state index is 0.291. The Labute approximate surface area is 116 Å². The number of carbonyl (C=O) groups is 1. The summed E-state index contributed by atoms with van der Waals surface area (Å²) in [5.74, 6) is 3.64. The monoisotopic (exact) mass is 263 g/mol. The lowest BCUT2D eigenvalue weighted by Crippen LogP contribution is -2.44. The van der Waals surface area contributed by atoms with Crippen LogP contribution in [0.2, 0.25) is 0 Å². The average Bonchev–Trinajstić information content (AvgIpc) is 2.48. The van der Waals surface area contributed by atoms with Gasteiger partial charge in [0.2, 0.25) is 5.91 Å². The lowest BCUT2D eigenvalue weighted by Gasteiger charge is -2.35. The Kier molecular flexibility index (Phi) is 5.72. The van der Waals surface area contributed by atoms with E-state index >= 15 is 0 Å². The van der Waals surface area contributed by atoms with Gasteiger partial charge < -0.3 is 9.64 Å². The third-order valence-corrected chi connectivity index (χ3v) is 4.32. The Morgan fingerprint density at radius 1 is 1.21 bits per heavy atom.